The molecule has 1 fully saturated rings. The Morgan fingerprint density at radius 1 is 1.17 bits per heavy atom. The van der Waals surface area contributed by atoms with Crippen LogP contribution < -0.4 is 11.1 Å². The number of likely N-dealkylation sites (N-methyl/N-ethyl adjacent to an activating group) is 1. The van der Waals surface area contributed by atoms with Gasteiger partial charge in [-0.15, -0.1) is 0 Å². The molecule has 3 aromatic rings. The van der Waals surface area contributed by atoms with Gasteiger partial charge in [0.2, 0.25) is 0 Å². The Kier molecular flexibility index (Phi) is 7.31. The van der Waals surface area contributed by atoms with Crippen molar-refractivity contribution in [1.29, 1.82) is 0 Å². The second-order valence-corrected chi connectivity index (χ2v) is 9.42. The van der Waals surface area contributed by atoms with Crippen LogP contribution in [0.15, 0.2) is 42.5 Å². The number of nitrogens with two attached hydrogens (primary N) is 1. The van der Waals surface area contributed by atoms with Gasteiger partial charge in [0.25, 0.3) is 5.91 Å². The van der Waals surface area contributed by atoms with Gasteiger partial charge in [-0.1, -0.05) is 12.1 Å². The van der Waals surface area contributed by atoms with Crippen molar-refractivity contribution in [2.45, 2.75) is 39.3 Å². The van der Waals surface area contributed by atoms with E-state index < -0.39 is 6.09 Å². The fourth-order valence-electron chi connectivity index (χ4n) is 4.19. The lowest BCUT2D eigenvalue weighted by atomic mass is 10.1. The lowest BCUT2D eigenvalue weighted by Crippen LogP contribution is -2.29. The minimum absolute atomic E-state index is 0.0491. The number of fused-ring (bicyclic) bond motifs is 1. The summed E-state index contributed by atoms with van der Waals surface area (Å²) in [5.74, 6) is 0.561. The molecule has 1 aliphatic carbocycles. The molecule has 0 unspecified atom stereocenters. The lowest BCUT2D eigenvalue weighted by molar-refractivity contribution is 0.0744. The number of carbonyl (C=O) groups is 2. The van der Waals surface area contributed by atoms with Gasteiger partial charge in [-0.3, -0.25) is 10.1 Å². The molecule has 0 aliphatic heterocycles. The molecule has 1 heterocycles. The first kappa shape index (κ1) is 24.6. The summed E-state index contributed by atoms with van der Waals surface area (Å²) in [4.78, 5) is 26.6. The van der Waals surface area contributed by atoms with Gasteiger partial charge in [0.1, 0.15) is 0 Å². The zero-order valence-corrected chi connectivity index (χ0v) is 20.8. The van der Waals surface area contributed by atoms with Crippen LogP contribution in [0.1, 0.15) is 37.0 Å². The van der Waals surface area contributed by atoms with Crippen LogP contribution in [0.25, 0.3) is 22.2 Å². The number of benzene rings is 2. The van der Waals surface area contributed by atoms with Crippen LogP contribution in [0.5, 0.6) is 0 Å². The van der Waals surface area contributed by atoms with Gasteiger partial charge >= 0.3 is 6.09 Å². The van der Waals surface area contributed by atoms with E-state index in [9.17, 15) is 9.59 Å². The predicted octanol–water partition coefficient (Wildman–Crippen LogP) is 4.98. The highest BCUT2D eigenvalue weighted by molar-refractivity contribution is 6.05. The van der Waals surface area contributed by atoms with Gasteiger partial charge in [-0.25, -0.2) is 4.79 Å². The van der Waals surface area contributed by atoms with Gasteiger partial charge in [-0.2, -0.15) is 0 Å². The average Bonchev–Trinajstić information content (AvgIpc) is 3.61. The normalized spacial score (nSPS) is 13.3. The highest BCUT2D eigenvalue weighted by Crippen LogP contribution is 2.40. The number of amides is 2. The maximum Gasteiger partial charge on any atom is 0.411 e. The third-order valence-corrected chi connectivity index (χ3v) is 6.21. The van der Waals surface area contributed by atoms with E-state index in [1.54, 1.807) is 32.9 Å². The molecular formula is C27H34N4O4. The number of anilines is 2. The van der Waals surface area contributed by atoms with E-state index in [1.165, 1.54) is 12.8 Å². The second kappa shape index (κ2) is 10.4. The summed E-state index contributed by atoms with van der Waals surface area (Å²) in [6, 6.07) is 13.3. The molecule has 1 saturated carbocycles. The molecule has 2 amide bonds. The summed E-state index contributed by atoms with van der Waals surface area (Å²) in [5.41, 5.74) is 11.5. The number of nitrogens with zero attached hydrogens (tertiary/aromatic N) is 2. The number of nitrogen functional groups attached to an aromatic ring is 1. The van der Waals surface area contributed by atoms with Gasteiger partial charge < -0.3 is 24.7 Å². The molecule has 8 nitrogen and oxygen atoms in total. The summed E-state index contributed by atoms with van der Waals surface area (Å²) >= 11 is 0. The van der Waals surface area contributed by atoms with Crippen LogP contribution in [0.3, 0.4) is 0 Å². The molecule has 8 heteroatoms. The first-order valence-corrected chi connectivity index (χ1v) is 12.0. The third kappa shape index (κ3) is 5.59. The Bertz CT molecular complexity index is 1210. The van der Waals surface area contributed by atoms with Gasteiger partial charge in [0.05, 0.1) is 29.6 Å². The van der Waals surface area contributed by atoms with E-state index in [2.05, 4.69) is 9.88 Å². The van der Waals surface area contributed by atoms with Gasteiger partial charge in [0.15, 0.2) is 0 Å². The topological polar surface area (TPSA) is 98.8 Å². The Morgan fingerprint density at radius 2 is 1.89 bits per heavy atom. The number of hydrogen-bond acceptors (Lipinski definition) is 5. The Morgan fingerprint density at radius 3 is 2.51 bits per heavy atom. The van der Waals surface area contributed by atoms with Crippen LogP contribution in [-0.2, 0) is 16.0 Å². The van der Waals surface area contributed by atoms with Crippen molar-refractivity contribution < 1.29 is 19.1 Å². The highest BCUT2D eigenvalue weighted by atomic mass is 16.6. The number of methoxy groups -OCH3 is 1. The Balaban J connectivity index is 1.69. The Hall–Kier alpha value is -3.52. The first-order valence-electron chi connectivity index (χ1n) is 12.0. The van der Waals surface area contributed by atoms with E-state index in [0.29, 0.717) is 36.0 Å². The largest absolute Gasteiger partial charge is 0.447 e. The summed E-state index contributed by atoms with van der Waals surface area (Å²) in [6.07, 6.45) is 1.71. The van der Waals surface area contributed by atoms with Gasteiger partial charge in [0, 0.05) is 49.4 Å². The molecule has 0 saturated heterocycles. The van der Waals surface area contributed by atoms with E-state index in [-0.39, 0.29) is 12.0 Å². The molecule has 0 bridgehead atoms. The standard InChI is InChI=1S/C27H34N4O4/c1-17(2)35-27(33)29-21-10-7-19(8-11-21)25-24(28)22-12-9-20(26(32)30(3)13-14-34-4)15-23(22)31(25)16-18-5-6-18/h7-12,15,17-18H,5-6,13-14,16,28H2,1-4H3,(H,29,33). The molecule has 0 atom stereocenters. The molecule has 1 aliphatic rings. The fraction of sp³-hybridized carbons (Fsp3) is 0.407. The molecular weight excluding hydrogens is 444 g/mol. The quantitative estimate of drug-likeness (QED) is 0.452. The number of carbonyl (C=O) groups excluding carboxylic acids is 2. The maximum absolute atomic E-state index is 13.0. The molecule has 35 heavy (non-hydrogen) atoms. The van der Waals surface area contributed by atoms with Crippen LogP contribution in [-0.4, -0.2) is 54.9 Å². The number of rotatable bonds is 9. The first-order chi connectivity index (χ1) is 16.8. The Labute approximate surface area is 206 Å². The smallest absolute Gasteiger partial charge is 0.411 e. The van der Waals surface area contributed by atoms with E-state index >= 15 is 0 Å². The van der Waals surface area contributed by atoms with Crippen molar-refractivity contribution in [3.8, 4) is 11.3 Å². The molecule has 186 valence electrons. The van der Waals surface area contributed by atoms with Crippen molar-refractivity contribution in [3.63, 3.8) is 0 Å². The molecule has 0 radical (unpaired) electrons. The van der Waals surface area contributed by atoms with Crippen molar-refractivity contribution >= 4 is 34.3 Å². The summed E-state index contributed by atoms with van der Waals surface area (Å²) < 4.78 is 12.5. The van der Waals surface area contributed by atoms with Crippen LogP contribution in [0.4, 0.5) is 16.2 Å². The van der Waals surface area contributed by atoms with Crippen LogP contribution >= 0.6 is 0 Å². The SMILES string of the molecule is COCCN(C)C(=O)c1ccc2c(N)c(-c3ccc(NC(=O)OC(C)C)cc3)n(CC3CC3)c2c1. The third-order valence-electron chi connectivity index (χ3n) is 6.21. The van der Waals surface area contributed by atoms with Crippen molar-refractivity contribution in [2.75, 3.05) is 38.4 Å². The second-order valence-electron chi connectivity index (χ2n) is 9.42. The number of aromatic nitrogens is 1. The molecule has 2 aromatic carbocycles. The fourth-order valence-corrected chi connectivity index (χ4v) is 4.19. The molecule has 1 aromatic heterocycles. The predicted molar refractivity (Wildman–Crippen MR) is 139 cm³/mol. The monoisotopic (exact) mass is 478 g/mol. The zero-order chi connectivity index (χ0) is 25.1. The minimum Gasteiger partial charge on any atom is -0.447 e. The van der Waals surface area contributed by atoms with Crippen LogP contribution in [0, 0.1) is 5.92 Å². The summed E-state index contributed by atoms with van der Waals surface area (Å²) in [6.45, 7) is 5.47. The van der Waals surface area contributed by atoms with E-state index in [1.807, 2.05) is 42.5 Å². The average molecular weight is 479 g/mol. The summed E-state index contributed by atoms with van der Waals surface area (Å²) in [7, 11) is 3.40. The summed E-state index contributed by atoms with van der Waals surface area (Å²) in [5, 5.41) is 3.67. The van der Waals surface area contributed by atoms with Crippen LogP contribution in [0.2, 0.25) is 0 Å². The lowest BCUT2D eigenvalue weighted by Gasteiger charge is -2.17. The van der Waals surface area contributed by atoms with Crippen molar-refractivity contribution in [3.05, 3.63) is 48.0 Å². The maximum atomic E-state index is 13.0. The minimum atomic E-state index is -0.484. The highest BCUT2D eigenvalue weighted by Gasteiger charge is 2.26. The molecule has 3 N–H and O–H groups in total. The zero-order valence-electron chi connectivity index (χ0n) is 20.8. The molecule has 4 rings (SSSR count). The number of hydrogen-bond donors (Lipinski definition) is 2. The molecule has 0 spiro atoms. The number of ether oxygens (including phenoxy) is 2. The van der Waals surface area contributed by atoms with Crippen molar-refractivity contribution in [2.24, 2.45) is 5.92 Å². The number of nitrogens with one attached hydrogen (secondary N) is 1. The van der Waals surface area contributed by atoms with E-state index in [0.717, 1.165) is 28.7 Å². The van der Waals surface area contributed by atoms with Crippen molar-refractivity contribution in [1.82, 2.24) is 9.47 Å². The van der Waals surface area contributed by atoms with Gasteiger partial charge in [-0.05, 0) is 62.9 Å². The van der Waals surface area contributed by atoms with E-state index in [4.69, 9.17) is 15.2 Å².